The molecule has 0 radical (unpaired) electrons. The lowest BCUT2D eigenvalue weighted by Gasteiger charge is -2.08. The third-order valence-electron chi connectivity index (χ3n) is 3.63. The number of thioether (sulfide) groups is 1. The summed E-state index contributed by atoms with van der Waals surface area (Å²) in [4.78, 5) is 12.2. The van der Waals surface area contributed by atoms with E-state index >= 15 is 0 Å². The SMILES string of the molecule is CCCn1c(SCC(=O)Nc2sccc2C#N)nnc1-c1ccoc1C. The van der Waals surface area contributed by atoms with E-state index in [2.05, 4.69) is 28.5 Å². The van der Waals surface area contributed by atoms with Crippen LogP contribution in [0.5, 0.6) is 0 Å². The zero-order chi connectivity index (χ0) is 18.5. The molecule has 7 nitrogen and oxygen atoms in total. The summed E-state index contributed by atoms with van der Waals surface area (Å²) in [6, 6.07) is 5.61. The van der Waals surface area contributed by atoms with E-state index in [4.69, 9.17) is 9.68 Å². The molecule has 0 fully saturated rings. The number of hydrogen-bond acceptors (Lipinski definition) is 7. The summed E-state index contributed by atoms with van der Waals surface area (Å²) in [7, 11) is 0. The third-order valence-corrected chi connectivity index (χ3v) is 5.43. The second-order valence-electron chi connectivity index (χ2n) is 5.46. The number of carbonyl (C=O) groups is 1. The van der Waals surface area contributed by atoms with E-state index in [1.54, 1.807) is 17.7 Å². The molecule has 3 aromatic heterocycles. The highest BCUT2D eigenvalue weighted by molar-refractivity contribution is 7.99. The van der Waals surface area contributed by atoms with Gasteiger partial charge in [0, 0.05) is 6.54 Å². The summed E-state index contributed by atoms with van der Waals surface area (Å²) in [6.07, 6.45) is 2.55. The van der Waals surface area contributed by atoms with Crippen LogP contribution in [0.4, 0.5) is 5.00 Å². The van der Waals surface area contributed by atoms with Gasteiger partial charge >= 0.3 is 0 Å². The van der Waals surface area contributed by atoms with Crippen molar-refractivity contribution in [1.29, 1.82) is 5.26 Å². The molecule has 0 saturated heterocycles. The van der Waals surface area contributed by atoms with E-state index in [-0.39, 0.29) is 11.7 Å². The first-order valence-electron chi connectivity index (χ1n) is 8.02. The molecule has 0 unspecified atom stereocenters. The first-order chi connectivity index (χ1) is 12.6. The maximum absolute atomic E-state index is 12.2. The van der Waals surface area contributed by atoms with Crippen LogP contribution in [0.2, 0.25) is 0 Å². The fraction of sp³-hybridized carbons (Fsp3) is 0.294. The lowest BCUT2D eigenvalue weighted by molar-refractivity contribution is -0.113. The fourth-order valence-electron chi connectivity index (χ4n) is 2.42. The predicted octanol–water partition coefficient (Wildman–Crippen LogP) is 3.92. The van der Waals surface area contributed by atoms with Gasteiger partial charge in [-0.25, -0.2) is 0 Å². The van der Waals surface area contributed by atoms with Crippen LogP contribution in [-0.4, -0.2) is 26.4 Å². The summed E-state index contributed by atoms with van der Waals surface area (Å²) >= 11 is 2.65. The molecule has 0 aromatic carbocycles. The van der Waals surface area contributed by atoms with Crippen molar-refractivity contribution in [3.8, 4) is 17.5 Å². The normalized spacial score (nSPS) is 10.7. The Morgan fingerprint density at radius 2 is 2.31 bits per heavy atom. The summed E-state index contributed by atoms with van der Waals surface area (Å²) in [5.74, 6) is 1.53. The average molecular weight is 387 g/mol. The van der Waals surface area contributed by atoms with Crippen molar-refractivity contribution >= 4 is 34.0 Å². The van der Waals surface area contributed by atoms with Crippen LogP contribution in [0.3, 0.4) is 0 Å². The number of amides is 1. The van der Waals surface area contributed by atoms with E-state index in [1.165, 1.54) is 23.1 Å². The van der Waals surface area contributed by atoms with Gasteiger partial charge in [0.15, 0.2) is 11.0 Å². The van der Waals surface area contributed by atoms with Gasteiger partial charge in [0.05, 0.1) is 23.1 Å². The van der Waals surface area contributed by atoms with E-state index in [0.717, 1.165) is 30.1 Å². The van der Waals surface area contributed by atoms with Crippen LogP contribution in [0.15, 0.2) is 33.3 Å². The maximum Gasteiger partial charge on any atom is 0.235 e. The minimum Gasteiger partial charge on any atom is -0.469 e. The summed E-state index contributed by atoms with van der Waals surface area (Å²) in [5.41, 5.74) is 1.37. The minimum absolute atomic E-state index is 0.180. The summed E-state index contributed by atoms with van der Waals surface area (Å²) in [6.45, 7) is 4.71. The number of rotatable bonds is 7. The molecule has 26 heavy (non-hydrogen) atoms. The molecule has 3 rings (SSSR count). The Balaban J connectivity index is 1.72. The number of nitriles is 1. The number of hydrogen-bond donors (Lipinski definition) is 1. The Kier molecular flexibility index (Phi) is 5.75. The van der Waals surface area contributed by atoms with Crippen molar-refractivity contribution in [3.05, 3.63) is 35.1 Å². The van der Waals surface area contributed by atoms with Gasteiger partial charge in [-0.05, 0) is 30.9 Å². The highest BCUT2D eigenvalue weighted by Gasteiger charge is 2.18. The Morgan fingerprint density at radius 3 is 3.00 bits per heavy atom. The highest BCUT2D eigenvalue weighted by Crippen LogP contribution is 2.28. The van der Waals surface area contributed by atoms with Gasteiger partial charge < -0.3 is 14.3 Å². The molecule has 9 heteroatoms. The van der Waals surface area contributed by atoms with Gasteiger partial charge in [0.25, 0.3) is 0 Å². The fourth-order valence-corrected chi connectivity index (χ4v) is 3.94. The first-order valence-corrected chi connectivity index (χ1v) is 9.88. The van der Waals surface area contributed by atoms with Crippen LogP contribution in [-0.2, 0) is 11.3 Å². The van der Waals surface area contributed by atoms with Crippen molar-refractivity contribution in [3.63, 3.8) is 0 Å². The molecular weight excluding hydrogens is 370 g/mol. The molecule has 0 aliphatic heterocycles. The number of carbonyl (C=O) groups excluding carboxylic acids is 1. The average Bonchev–Trinajstić information content (AvgIpc) is 3.34. The number of anilines is 1. The Hall–Kier alpha value is -2.57. The van der Waals surface area contributed by atoms with E-state index in [1.807, 2.05) is 17.6 Å². The minimum atomic E-state index is -0.180. The number of nitrogens with zero attached hydrogens (tertiary/aromatic N) is 4. The molecule has 1 N–H and O–H groups in total. The number of thiophene rings is 1. The van der Waals surface area contributed by atoms with Crippen molar-refractivity contribution in [1.82, 2.24) is 14.8 Å². The van der Waals surface area contributed by atoms with E-state index in [0.29, 0.717) is 15.7 Å². The van der Waals surface area contributed by atoms with Gasteiger partial charge in [0.1, 0.15) is 16.8 Å². The Labute approximate surface area is 159 Å². The molecule has 1 amide bonds. The lowest BCUT2D eigenvalue weighted by atomic mass is 10.2. The topological polar surface area (TPSA) is 96.7 Å². The molecule has 3 heterocycles. The van der Waals surface area contributed by atoms with Gasteiger partial charge in [-0.3, -0.25) is 4.79 Å². The molecule has 0 saturated carbocycles. The zero-order valence-electron chi connectivity index (χ0n) is 14.4. The van der Waals surface area contributed by atoms with Crippen LogP contribution in [0.1, 0.15) is 24.7 Å². The van der Waals surface area contributed by atoms with Crippen LogP contribution < -0.4 is 5.32 Å². The maximum atomic E-state index is 12.2. The van der Waals surface area contributed by atoms with Crippen LogP contribution >= 0.6 is 23.1 Å². The lowest BCUT2D eigenvalue weighted by Crippen LogP contribution is -2.14. The molecule has 0 atom stereocenters. The smallest absolute Gasteiger partial charge is 0.235 e. The standard InChI is InChI=1S/C17H17N5O2S2/c1-3-6-22-15(13-4-7-24-11(13)2)20-21-17(22)26-10-14(23)19-16-12(9-18)5-8-25-16/h4-5,7-8H,3,6,10H2,1-2H3,(H,19,23). The largest absolute Gasteiger partial charge is 0.469 e. The predicted molar refractivity (Wildman–Crippen MR) is 101 cm³/mol. The Bertz CT molecular complexity index is 951. The van der Waals surface area contributed by atoms with Crippen molar-refractivity contribution < 1.29 is 9.21 Å². The molecule has 3 aromatic rings. The molecule has 0 aliphatic rings. The highest BCUT2D eigenvalue weighted by atomic mass is 32.2. The second-order valence-corrected chi connectivity index (χ2v) is 7.32. The van der Waals surface area contributed by atoms with Gasteiger partial charge in [0.2, 0.25) is 5.91 Å². The molecule has 0 bridgehead atoms. The molecule has 0 aliphatic carbocycles. The number of aryl methyl sites for hydroxylation is 1. The van der Waals surface area contributed by atoms with Crippen LogP contribution in [0, 0.1) is 18.3 Å². The third kappa shape index (κ3) is 3.81. The van der Waals surface area contributed by atoms with Crippen molar-refractivity contribution in [2.75, 3.05) is 11.1 Å². The van der Waals surface area contributed by atoms with Crippen molar-refractivity contribution in [2.24, 2.45) is 0 Å². The van der Waals surface area contributed by atoms with Gasteiger partial charge in [-0.2, -0.15) is 5.26 Å². The zero-order valence-corrected chi connectivity index (χ0v) is 16.0. The van der Waals surface area contributed by atoms with E-state index in [9.17, 15) is 4.79 Å². The molecule has 134 valence electrons. The summed E-state index contributed by atoms with van der Waals surface area (Å²) in [5, 5.41) is 23.3. The monoisotopic (exact) mass is 387 g/mol. The van der Waals surface area contributed by atoms with Gasteiger partial charge in [-0.15, -0.1) is 21.5 Å². The van der Waals surface area contributed by atoms with Gasteiger partial charge in [-0.1, -0.05) is 18.7 Å². The van der Waals surface area contributed by atoms with Crippen LogP contribution in [0.25, 0.3) is 11.4 Å². The molecule has 0 spiro atoms. The molecular formula is C17H17N5O2S2. The number of nitrogens with one attached hydrogen (secondary N) is 1. The number of aromatic nitrogens is 3. The number of furan rings is 1. The second kappa shape index (κ2) is 8.21. The quantitative estimate of drug-likeness (QED) is 0.617. The van der Waals surface area contributed by atoms with E-state index < -0.39 is 0 Å². The first kappa shape index (κ1) is 18.2. The Morgan fingerprint density at radius 1 is 1.46 bits per heavy atom. The summed E-state index contributed by atoms with van der Waals surface area (Å²) < 4.78 is 7.36. The van der Waals surface area contributed by atoms with Crippen molar-refractivity contribution in [2.45, 2.75) is 32.0 Å².